The third kappa shape index (κ3) is 0.920. The normalized spacial score (nSPS) is 35.8. The highest BCUT2D eigenvalue weighted by atomic mass is 16.1. The summed E-state index contributed by atoms with van der Waals surface area (Å²) in [5.41, 5.74) is 5.10. The van der Waals surface area contributed by atoms with Crippen molar-refractivity contribution < 1.29 is 4.79 Å². The van der Waals surface area contributed by atoms with E-state index in [1.807, 2.05) is 18.9 Å². The predicted molar refractivity (Wildman–Crippen MR) is 34.8 cm³/mol. The van der Waals surface area contributed by atoms with E-state index in [0.29, 0.717) is 5.92 Å². The number of carbonyl (C=O) groups excluding carboxylic acids is 1. The fourth-order valence-corrected chi connectivity index (χ4v) is 1.46. The molecule has 0 aromatic heterocycles. The Morgan fingerprint density at radius 2 is 2.33 bits per heavy atom. The van der Waals surface area contributed by atoms with Crippen molar-refractivity contribution in [1.29, 1.82) is 0 Å². The van der Waals surface area contributed by atoms with Gasteiger partial charge in [0.1, 0.15) is 0 Å². The van der Waals surface area contributed by atoms with Gasteiger partial charge in [0.15, 0.2) is 0 Å². The standard InChI is InChI=1S/C6H12N2O/c1-4-3-8(2)5(4)6(7)9/h4-5H,3H2,1-2H3,(H2,7,9). The molecule has 3 nitrogen and oxygen atoms in total. The molecular weight excluding hydrogens is 116 g/mol. The Labute approximate surface area is 54.8 Å². The van der Waals surface area contributed by atoms with Crippen molar-refractivity contribution in [3.05, 3.63) is 0 Å². The van der Waals surface area contributed by atoms with Crippen molar-refractivity contribution >= 4 is 5.91 Å². The zero-order valence-corrected chi connectivity index (χ0v) is 5.79. The molecule has 1 fully saturated rings. The lowest BCUT2D eigenvalue weighted by atomic mass is 9.91. The summed E-state index contributed by atoms with van der Waals surface area (Å²) in [5.74, 6) is 0.253. The van der Waals surface area contributed by atoms with E-state index in [2.05, 4.69) is 0 Å². The van der Waals surface area contributed by atoms with E-state index in [0.717, 1.165) is 6.54 Å². The molecule has 1 aliphatic rings. The minimum atomic E-state index is -0.198. The molecular formula is C6H12N2O. The first kappa shape index (κ1) is 6.55. The molecule has 0 radical (unpaired) electrons. The van der Waals surface area contributed by atoms with Gasteiger partial charge in [-0.2, -0.15) is 0 Å². The van der Waals surface area contributed by atoms with Gasteiger partial charge >= 0.3 is 0 Å². The second-order valence-corrected chi connectivity index (χ2v) is 2.76. The van der Waals surface area contributed by atoms with Gasteiger partial charge in [-0.25, -0.2) is 0 Å². The van der Waals surface area contributed by atoms with Crippen LogP contribution in [0.25, 0.3) is 0 Å². The smallest absolute Gasteiger partial charge is 0.235 e. The van der Waals surface area contributed by atoms with E-state index in [1.165, 1.54) is 0 Å². The number of rotatable bonds is 1. The molecule has 52 valence electrons. The van der Waals surface area contributed by atoms with Crippen LogP contribution in [0, 0.1) is 5.92 Å². The van der Waals surface area contributed by atoms with Crippen LogP contribution in [-0.2, 0) is 4.79 Å². The zero-order chi connectivity index (χ0) is 7.02. The van der Waals surface area contributed by atoms with Crippen LogP contribution in [0.3, 0.4) is 0 Å². The molecule has 1 rings (SSSR count). The molecule has 1 heterocycles. The van der Waals surface area contributed by atoms with E-state index in [4.69, 9.17) is 5.73 Å². The Morgan fingerprint density at radius 1 is 1.78 bits per heavy atom. The first-order valence-corrected chi connectivity index (χ1v) is 3.12. The molecule has 0 aliphatic carbocycles. The van der Waals surface area contributed by atoms with Crippen LogP contribution in [0.15, 0.2) is 0 Å². The molecule has 0 aromatic rings. The van der Waals surface area contributed by atoms with Crippen LogP contribution in [0.1, 0.15) is 6.92 Å². The summed E-state index contributed by atoms with van der Waals surface area (Å²) in [6.07, 6.45) is 0. The van der Waals surface area contributed by atoms with Crippen molar-refractivity contribution in [1.82, 2.24) is 4.90 Å². The maximum atomic E-state index is 10.6. The minimum Gasteiger partial charge on any atom is -0.368 e. The van der Waals surface area contributed by atoms with Gasteiger partial charge < -0.3 is 5.73 Å². The van der Waals surface area contributed by atoms with Crippen LogP contribution in [0.4, 0.5) is 0 Å². The van der Waals surface area contributed by atoms with Crippen LogP contribution in [0.2, 0.25) is 0 Å². The van der Waals surface area contributed by atoms with Gasteiger partial charge in [0.2, 0.25) is 5.91 Å². The molecule has 3 heteroatoms. The van der Waals surface area contributed by atoms with Crippen LogP contribution >= 0.6 is 0 Å². The average molecular weight is 128 g/mol. The predicted octanol–water partition coefficient (Wildman–Crippen LogP) is -0.578. The minimum absolute atomic E-state index is 0.00926. The molecule has 0 saturated carbocycles. The van der Waals surface area contributed by atoms with Gasteiger partial charge in [0, 0.05) is 6.54 Å². The van der Waals surface area contributed by atoms with E-state index in [1.54, 1.807) is 0 Å². The number of hydrogen-bond acceptors (Lipinski definition) is 2. The fourth-order valence-electron chi connectivity index (χ4n) is 1.46. The lowest BCUT2D eigenvalue weighted by Gasteiger charge is -2.41. The van der Waals surface area contributed by atoms with Gasteiger partial charge in [0.05, 0.1) is 6.04 Å². The highest BCUT2D eigenvalue weighted by Gasteiger charge is 2.36. The van der Waals surface area contributed by atoms with Crippen molar-refractivity contribution in [2.45, 2.75) is 13.0 Å². The molecule has 2 atom stereocenters. The summed E-state index contributed by atoms with van der Waals surface area (Å²) in [7, 11) is 1.91. The number of amides is 1. The Bertz CT molecular complexity index is 127. The maximum absolute atomic E-state index is 10.6. The topological polar surface area (TPSA) is 46.3 Å². The van der Waals surface area contributed by atoms with Crippen LogP contribution in [0.5, 0.6) is 0 Å². The number of nitrogens with zero attached hydrogens (tertiary/aromatic N) is 1. The van der Waals surface area contributed by atoms with Gasteiger partial charge in [-0.05, 0) is 13.0 Å². The third-order valence-corrected chi connectivity index (χ3v) is 1.88. The van der Waals surface area contributed by atoms with Gasteiger partial charge in [-0.3, -0.25) is 9.69 Å². The lowest BCUT2D eigenvalue weighted by Crippen LogP contribution is -2.58. The second-order valence-electron chi connectivity index (χ2n) is 2.76. The summed E-state index contributed by atoms with van der Waals surface area (Å²) < 4.78 is 0. The first-order valence-electron chi connectivity index (χ1n) is 3.12. The van der Waals surface area contributed by atoms with Crippen molar-refractivity contribution in [2.75, 3.05) is 13.6 Å². The quantitative estimate of drug-likeness (QED) is 0.513. The molecule has 0 aromatic carbocycles. The average Bonchev–Trinajstić information content (AvgIpc) is 1.62. The highest BCUT2D eigenvalue weighted by Crippen LogP contribution is 2.20. The summed E-state index contributed by atoms with van der Waals surface area (Å²) in [4.78, 5) is 12.5. The fraction of sp³-hybridized carbons (Fsp3) is 0.833. The SMILES string of the molecule is CC1CN(C)C1C(N)=O. The Kier molecular flexibility index (Phi) is 1.45. The molecule has 1 aliphatic heterocycles. The van der Waals surface area contributed by atoms with E-state index in [9.17, 15) is 4.79 Å². The number of carbonyl (C=O) groups is 1. The summed E-state index contributed by atoms with van der Waals surface area (Å²) >= 11 is 0. The number of likely N-dealkylation sites (tertiary alicyclic amines) is 1. The molecule has 2 N–H and O–H groups in total. The molecule has 0 spiro atoms. The lowest BCUT2D eigenvalue weighted by molar-refractivity contribution is -0.130. The number of hydrogen-bond donors (Lipinski definition) is 1. The summed E-state index contributed by atoms with van der Waals surface area (Å²) in [5, 5.41) is 0. The van der Waals surface area contributed by atoms with E-state index < -0.39 is 0 Å². The maximum Gasteiger partial charge on any atom is 0.235 e. The zero-order valence-electron chi connectivity index (χ0n) is 5.79. The third-order valence-electron chi connectivity index (χ3n) is 1.88. The number of primary amides is 1. The largest absolute Gasteiger partial charge is 0.368 e. The number of likely N-dealkylation sites (N-methyl/N-ethyl adjacent to an activating group) is 1. The van der Waals surface area contributed by atoms with Crippen LogP contribution in [-0.4, -0.2) is 30.4 Å². The molecule has 1 amide bonds. The van der Waals surface area contributed by atoms with E-state index >= 15 is 0 Å². The highest BCUT2D eigenvalue weighted by molar-refractivity contribution is 5.81. The molecule has 2 unspecified atom stereocenters. The summed E-state index contributed by atoms with van der Waals surface area (Å²) in [6.45, 7) is 3.03. The first-order chi connectivity index (χ1) is 4.13. The Balaban J connectivity index is 2.49. The summed E-state index contributed by atoms with van der Waals surface area (Å²) in [6, 6.07) is -0.00926. The molecule has 9 heavy (non-hydrogen) atoms. The monoisotopic (exact) mass is 128 g/mol. The van der Waals surface area contributed by atoms with Gasteiger partial charge in [-0.15, -0.1) is 0 Å². The Morgan fingerprint density at radius 3 is 2.44 bits per heavy atom. The Hall–Kier alpha value is -0.570. The second kappa shape index (κ2) is 1.99. The van der Waals surface area contributed by atoms with Crippen molar-refractivity contribution in [3.63, 3.8) is 0 Å². The molecule has 0 bridgehead atoms. The number of nitrogens with two attached hydrogens (primary N) is 1. The van der Waals surface area contributed by atoms with Crippen molar-refractivity contribution in [3.8, 4) is 0 Å². The van der Waals surface area contributed by atoms with E-state index in [-0.39, 0.29) is 11.9 Å². The van der Waals surface area contributed by atoms with Gasteiger partial charge in [0.25, 0.3) is 0 Å². The van der Waals surface area contributed by atoms with Gasteiger partial charge in [-0.1, -0.05) is 6.92 Å². The molecule has 1 saturated heterocycles. The van der Waals surface area contributed by atoms with Crippen molar-refractivity contribution in [2.24, 2.45) is 11.7 Å². The van der Waals surface area contributed by atoms with Crippen LogP contribution < -0.4 is 5.73 Å².